The average Bonchev–Trinajstić information content (AvgIpc) is 3.48. The molecule has 0 unspecified atom stereocenters. The molecule has 0 radical (unpaired) electrons. The zero-order valence-electron chi connectivity index (χ0n) is 20.0. The normalized spacial score (nSPS) is 13.2. The number of hydrogen-bond acceptors (Lipinski definition) is 6. The first-order valence-electron chi connectivity index (χ1n) is 11.5. The van der Waals surface area contributed by atoms with Crippen LogP contribution in [0.1, 0.15) is 69.3 Å². The minimum atomic E-state index is -0.222. The van der Waals surface area contributed by atoms with Crippen LogP contribution in [0.25, 0.3) is 10.9 Å². The number of H-pyrrole nitrogens is 1. The van der Waals surface area contributed by atoms with Crippen LogP contribution in [0.2, 0.25) is 0 Å². The molecular weight excluding hydrogens is 416 g/mol. The zero-order chi connectivity index (χ0) is 23.6. The summed E-state index contributed by atoms with van der Waals surface area (Å²) in [6, 6.07) is 11.8. The van der Waals surface area contributed by atoms with E-state index in [4.69, 9.17) is 4.42 Å². The minimum Gasteiger partial charge on any atom is -0.468 e. The summed E-state index contributed by atoms with van der Waals surface area (Å²) in [6.45, 7) is 11.5. The summed E-state index contributed by atoms with van der Waals surface area (Å²) in [5, 5.41) is 13.8. The Morgan fingerprint density at radius 2 is 2.00 bits per heavy atom. The quantitative estimate of drug-likeness (QED) is 0.398. The Bertz CT molecular complexity index is 1270. The van der Waals surface area contributed by atoms with E-state index in [0.29, 0.717) is 18.7 Å². The number of tetrazole rings is 1. The van der Waals surface area contributed by atoms with E-state index in [0.717, 1.165) is 40.9 Å². The van der Waals surface area contributed by atoms with E-state index in [2.05, 4.69) is 66.1 Å². The molecule has 174 valence electrons. The Kier molecular flexibility index (Phi) is 6.47. The van der Waals surface area contributed by atoms with Crippen LogP contribution in [0.3, 0.4) is 0 Å². The summed E-state index contributed by atoms with van der Waals surface area (Å²) in [4.78, 5) is 18.2. The van der Waals surface area contributed by atoms with Crippen molar-refractivity contribution in [3.63, 3.8) is 0 Å². The van der Waals surface area contributed by atoms with Crippen LogP contribution in [-0.2, 0) is 18.6 Å². The molecule has 4 aromatic rings. The topological polar surface area (TPSA) is 92.8 Å². The van der Waals surface area contributed by atoms with Crippen LogP contribution in [-0.4, -0.2) is 30.1 Å². The number of aromatic amines is 1. The Morgan fingerprint density at radius 1 is 1.18 bits per heavy atom. The maximum atomic E-state index is 13.0. The summed E-state index contributed by atoms with van der Waals surface area (Å²) in [6.07, 6.45) is 3.35. The first-order chi connectivity index (χ1) is 15.8. The number of furan rings is 1. The van der Waals surface area contributed by atoms with E-state index in [1.807, 2.05) is 35.0 Å². The number of nitrogens with one attached hydrogen (secondary N) is 1. The summed E-state index contributed by atoms with van der Waals surface area (Å²) < 4.78 is 7.58. The van der Waals surface area contributed by atoms with Gasteiger partial charge in [-0.2, -0.15) is 0 Å². The van der Waals surface area contributed by atoms with Crippen molar-refractivity contribution < 1.29 is 4.42 Å². The van der Waals surface area contributed by atoms with Crippen molar-refractivity contribution in [3.05, 3.63) is 75.7 Å². The summed E-state index contributed by atoms with van der Waals surface area (Å²) >= 11 is 0. The van der Waals surface area contributed by atoms with Crippen LogP contribution >= 0.6 is 0 Å². The molecule has 0 saturated heterocycles. The Hall–Kier alpha value is -3.26. The molecule has 0 amide bonds. The molecule has 0 spiro atoms. The maximum absolute atomic E-state index is 13.0. The molecule has 8 nitrogen and oxygen atoms in total. The van der Waals surface area contributed by atoms with Gasteiger partial charge in [0, 0.05) is 17.6 Å². The predicted octanol–water partition coefficient (Wildman–Crippen LogP) is 4.71. The first kappa shape index (κ1) is 22.9. The molecule has 0 bridgehead atoms. The lowest BCUT2D eigenvalue weighted by molar-refractivity contribution is 0.140. The Morgan fingerprint density at radius 3 is 2.70 bits per heavy atom. The third-order valence-corrected chi connectivity index (χ3v) is 6.45. The van der Waals surface area contributed by atoms with Gasteiger partial charge in [-0.05, 0) is 79.8 Å². The molecule has 4 rings (SSSR count). The van der Waals surface area contributed by atoms with E-state index in [1.54, 1.807) is 6.26 Å². The molecule has 8 heteroatoms. The third kappa shape index (κ3) is 4.75. The van der Waals surface area contributed by atoms with Gasteiger partial charge >= 0.3 is 0 Å². The highest BCUT2D eigenvalue weighted by Gasteiger charge is 2.31. The van der Waals surface area contributed by atoms with Crippen molar-refractivity contribution in [2.75, 3.05) is 0 Å². The van der Waals surface area contributed by atoms with E-state index < -0.39 is 0 Å². The number of pyridine rings is 1. The van der Waals surface area contributed by atoms with Gasteiger partial charge in [0.05, 0.1) is 24.4 Å². The fourth-order valence-corrected chi connectivity index (χ4v) is 4.17. The summed E-state index contributed by atoms with van der Waals surface area (Å²) in [5.41, 5.74) is 2.39. The van der Waals surface area contributed by atoms with Crippen LogP contribution in [0.15, 0.2) is 51.9 Å². The molecule has 3 heterocycles. The van der Waals surface area contributed by atoms with Crippen LogP contribution in [0.4, 0.5) is 0 Å². The van der Waals surface area contributed by atoms with Crippen molar-refractivity contribution in [1.29, 1.82) is 0 Å². The summed E-state index contributed by atoms with van der Waals surface area (Å²) in [5.74, 6) is 1.62. The van der Waals surface area contributed by atoms with Gasteiger partial charge in [0.15, 0.2) is 5.82 Å². The lowest BCUT2D eigenvalue weighted by atomic mass is 10.0. The molecule has 1 N–H and O–H groups in total. The van der Waals surface area contributed by atoms with Gasteiger partial charge in [0.2, 0.25) is 0 Å². The second kappa shape index (κ2) is 9.31. The Balaban J connectivity index is 1.76. The average molecular weight is 449 g/mol. The van der Waals surface area contributed by atoms with Gasteiger partial charge in [0.1, 0.15) is 5.76 Å². The van der Waals surface area contributed by atoms with Gasteiger partial charge in [-0.25, -0.2) is 4.68 Å². The lowest BCUT2D eigenvalue weighted by Crippen LogP contribution is -2.36. The number of rotatable bonds is 9. The monoisotopic (exact) mass is 448 g/mol. The van der Waals surface area contributed by atoms with E-state index in [-0.39, 0.29) is 17.1 Å². The van der Waals surface area contributed by atoms with Gasteiger partial charge in [-0.15, -0.1) is 5.10 Å². The van der Waals surface area contributed by atoms with E-state index in [1.165, 1.54) is 0 Å². The molecule has 0 aliphatic heterocycles. The van der Waals surface area contributed by atoms with E-state index in [9.17, 15) is 4.79 Å². The number of aryl methyl sites for hydroxylation is 1. The maximum Gasteiger partial charge on any atom is 0.252 e. The fourth-order valence-electron chi connectivity index (χ4n) is 4.17. The first-order valence-corrected chi connectivity index (χ1v) is 11.5. The molecule has 0 fully saturated rings. The number of fused-ring (bicyclic) bond motifs is 1. The molecule has 1 atom stereocenters. The predicted molar refractivity (Wildman–Crippen MR) is 128 cm³/mol. The van der Waals surface area contributed by atoms with Gasteiger partial charge in [-0.3, -0.25) is 9.69 Å². The number of benzene rings is 1. The molecule has 3 aromatic heterocycles. The van der Waals surface area contributed by atoms with Crippen LogP contribution in [0.5, 0.6) is 0 Å². The second-order valence-electron chi connectivity index (χ2n) is 9.24. The standard InChI is InChI=1S/C25H32N6O2/c1-6-22(23-27-28-29-31(23)25(4,5)7-2)30(16-20-9-8-12-33-20)15-19-14-18-13-17(3)10-11-21(18)26-24(19)32/h8-14,22H,6-7,15-16H2,1-5H3,(H,26,32)/t22-/m1/s1. The highest BCUT2D eigenvalue weighted by Crippen LogP contribution is 2.30. The Labute approximate surface area is 193 Å². The van der Waals surface area contributed by atoms with E-state index >= 15 is 0 Å². The largest absolute Gasteiger partial charge is 0.468 e. The van der Waals surface area contributed by atoms with Crippen molar-refractivity contribution in [2.45, 2.75) is 72.1 Å². The SMILES string of the molecule is CC[C@H](c1nnnn1C(C)(C)CC)N(Cc1ccco1)Cc1cc2cc(C)ccc2[nH]c1=O. The van der Waals surface area contributed by atoms with Crippen LogP contribution < -0.4 is 5.56 Å². The zero-order valence-corrected chi connectivity index (χ0v) is 20.0. The number of nitrogens with zero attached hydrogens (tertiary/aromatic N) is 5. The molecule has 33 heavy (non-hydrogen) atoms. The second-order valence-corrected chi connectivity index (χ2v) is 9.24. The number of hydrogen-bond donors (Lipinski definition) is 1. The van der Waals surface area contributed by atoms with Crippen molar-refractivity contribution in [2.24, 2.45) is 0 Å². The third-order valence-electron chi connectivity index (χ3n) is 6.45. The highest BCUT2D eigenvalue weighted by molar-refractivity contribution is 5.79. The van der Waals surface area contributed by atoms with Gasteiger partial charge in [0.25, 0.3) is 5.56 Å². The fraction of sp³-hybridized carbons (Fsp3) is 0.440. The van der Waals surface area contributed by atoms with Crippen LogP contribution in [0, 0.1) is 6.92 Å². The van der Waals surface area contributed by atoms with Crippen molar-refractivity contribution in [1.82, 2.24) is 30.1 Å². The molecule has 0 saturated carbocycles. The molecular formula is C25H32N6O2. The highest BCUT2D eigenvalue weighted by atomic mass is 16.3. The molecule has 1 aromatic carbocycles. The lowest BCUT2D eigenvalue weighted by Gasteiger charge is -2.32. The molecule has 0 aliphatic carbocycles. The van der Waals surface area contributed by atoms with Crippen molar-refractivity contribution >= 4 is 10.9 Å². The van der Waals surface area contributed by atoms with Crippen molar-refractivity contribution in [3.8, 4) is 0 Å². The summed E-state index contributed by atoms with van der Waals surface area (Å²) in [7, 11) is 0. The smallest absolute Gasteiger partial charge is 0.252 e. The number of aromatic nitrogens is 5. The van der Waals surface area contributed by atoms with Gasteiger partial charge < -0.3 is 9.40 Å². The molecule has 0 aliphatic rings. The minimum absolute atomic E-state index is 0.0841. The van der Waals surface area contributed by atoms with Gasteiger partial charge in [-0.1, -0.05) is 25.5 Å².